The number of anilines is 1. The third kappa shape index (κ3) is 1.82. The quantitative estimate of drug-likeness (QED) is 0.728. The van der Waals surface area contributed by atoms with Crippen molar-refractivity contribution in [3.63, 3.8) is 0 Å². The number of ether oxygens (including phenoxy) is 2. The zero-order valence-corrected chi connectivity index (χ0v) is 8.32. The Morgan fingerprint density at radius 3 is 3.00 bits per heavy atom. The summed E-state index contributed by atoms with van der Waals surface area (Å²) in [5.41, 5.74) is 7.62. The summed E-state index contributed by atoms with van der Waals surface area (Å²) >= 11 is 0. The van der Waals surface area contributed by atoms with Crippen LogP contribution in [-0.2, 0) is 4.74 Å². The maximum atomic E-state index is 5.83. The lowest BCUT2D eigenvalue weighted by Gasteiger charge is -2.15. The van der Waals surface area contributed by atoms with Crippen molar-refractivity contribution in [1.82, 2.24) is 0 Å². The highest BCUT2D eigenvalue weighted by molar-refractivity contribution is 5.56. The lowest BCUT2D eigenvalue weighted by atomic mass is 10.2. The maximum absolute atomic E-state index is 5.83. The standard InChI is InChI=1S/C11H15NO2/c1-8-3-2-4-10(12)11(8)14-9-5-6-13-7-9/h2-4,9H,5-7,12H2,1H3. The first-order chi connectivity index (χ1) is 6.77. The summed E-state index contributed by atoms with van der Waals surface area (Å²) < 4.78 is 11.0. The molecule has 1 aliphatic rings. The van der Waals surface area contributed by atoms with Gasteiger partial charge in [0.15, 0.2) is 0 Å². The zero-order chi connectivity index (χ0) is 9.97. The Bertz CT molecular complexity index is 299. The van der Waals surface area contributed by atoms with E-state index in [-0.39, 0.29) is 6.10 Å². The monoisotopic (exact) mass is 193 g/mol. The van der Waals surface area contributed by atoms with Gasteiger partial charge in [0.1, 0.15) is 11.9 Å². The van der Waals surface area contributed by atoms with Gasteiger partial charge in [-0.15, -0.1) is 0 Å². The molecule has 1 saturated heterocycles. The average Bonchev–Trinajstić information content (AvgIpc) is 2.64. The topological polar surface area (TPSA) is 44.5 Å². The van der Waals surface area contributed by atoms with Crippen LogP contribution in [0.5, 0.6) is 5.75 Å². The smallest absolute Gasteiger partial charge is 0.145 e. The van der Waals surface area contributed by atoms with E-state index >= 15 is 0 Å². The predicted octanol–water partition coefficient (Wildman–Crippen LogP) is 1.74. The van der Waals surface area contributed by atoms with Gasteiger partial charge in [0.05, 0.1) is 18.9 Å². The number of nitrogen functional groups attached to an aromatic ring is 1. The maximum Gasteiger partial charge on any atom is 0.145 e. The molecule has 2 N–H and O–H groups in total. The molecule has 0 aliphatic carbocycles. The zero-order valence-electron chi connectivity index (χ0n) is 8.32. The van der Waals surface area contributed by atoms with Crippen LogP contribution >= 0.6 is 0 Å². The van der Waals surface area contributed by atoms with Crippen LogP contribution in [0.4, 0.5) is 5.69 Å². The van der Waals surface area contributed by atoms with E-state index in [1.54, 1.807) is 0 Å². The average molecular weight is 193 g/mol. The van der Waals surface area contributed by atoms with Crippen LogP contribution in [0.3, 0.4) is 0 Å². The van der Waals surface area contributed by atoms with Gasteiger partial charge < -0.3 is 15.2 Å². The molecule has 1 unspecified atom stereocenters. The summed E-state index contributed by atoms with van der Waals surface area (Å²) in [6.45, 7) is 3.46. The highest BCUT2D eigenvalue weighted by Gasteiger charge is 2.18. The summed E-state index contributed by atoms with van der Waals surface area (Å²) in [6.07, 6.45) is 1.12. The molecule has 0 spiro atoms. The molecule has 76 valence electrons. The second kappa shape index (κ2) is 3.88. The fourth-order valence-corrected chi connectivity index (χ4v) is 1.61. The fraction of sp³-hybridized carbons (Fsp3) is 0.455. The Kier molecular flexibility index (Phi) is 2.59. The summed E-state index contributed by atoms with van der Waals surface area (Å²) in [5, 5.41) is 0. The number of hydrogen-bond acceptors (Lipinski definition) is 3. The molecule has 0 radical (unpaired) electrons. The third-order valence-corrected chi connectivity index (χ3v) is 2.41. The first-order valence-electron chi connectivity index (χ1n) is 4.87. The van der Waals surface area contributed by atoms with Gasteiger partial charge in [0.25, 0.3) is 0 Å². The van der Waals surface area contributed by atoms with Crippen LogP contribution < -0.4 is 10.5 Å². The molecular formula is C11H15NO2. The van der Waals surface area contributed by atoms with Crippen molar-refractivity contribution in [3.05, 3.63) is 23.8 Å². The van der Waals surface area contributed by atoms with E-state index in [2.05, 4.69) is 0 Å². The first-order valence-corrected chi connectivity index (χ1v) is 4.87. The van der Waals surface area contributed by atoms with Crippen LogP contribution in [0.1, 0.15) is 12.0 Å². The molecule has 2 rings (SSSR count). The Hall–Kier alpha value is -1.22. The molecule has 0 aromatic heterocycles. The molecule has 3 heteroatoms. The van der Waals surface area contributed by atoms with Gasteiger partial charge in [-0.1, -0.05) is 12.1 Å². The van der Waals surface area contributed by atoms with E-state index < -0.39 is 0 Å². The highest BCUT2D eigenvalue weighted by atomic mass is 16.5. The molecule has 0 amide bonds. The molecule has 0 saturated carbocycles. The van der Waals surface area contributed by atoms with Crippen LogP contribution in [-0.4, -0.2) is 19.3 Å². The second-order valence-electron chi connectivity index (χ2n) is 3.60. The molecule has 1 aromatic carbocycles. The molecule has 1 aliphatic heterocycles. The molecule has 1 atom stereocenters. The number of aryl methyl sites for hydroxylation is 1. The van der Waals surface area contributed by atoms with Crippen molar-refractivity contribution in [2.45, 2.75) is 19.4 Å². The van der Waals surface area contributed by atoms with E-state index in [0.29, 0.717) is 12.3 Å². The van der Waals surface area contributed by atoms with Gasteiger partial charge in [0.2, 0.25) is 0 Å². The third-order valence-electron chi connectivity index (χ3n) is 2.41. The lowest BCUT2D eigenvalue weighted by Crippen LogP contribution is -2.17. The van der Waals surface area contributed by atoms with Gasteiger partial charge in [-0.25, -0.2) is 0 Å². The van der Waals surface area contributed by atoms with Gasteiger partial charge in [-0.2, -0.15) is 0 Å². The van der Waals surface area contributed by atoms with Crippen molar-refractivity contribution >= 4 is 5.69 Å². The van der Waals surface area contributed by atoms with Crippen molar-refractivity contribution in [1.29, 1.82) is 0 Å². The van der Waals surface area contributed by atoms with E-state index in [9.17, 15) is 0 Å². The van der Waals surface area contributed by atoms with Gasteiger partial charge >= 0.3 is 0 Å². The molecule has 1 heterocycles. The SMILES string of the molecule is Cc1cccc(N)c1OC1CCOC1. The molecule has 0 bridgehead atoms. The minimum atomic E-state index is 0.165. The lowest BCUT2D eigenvalue weighted by molar-refractivity contribution is 0.141. The second-order valence-corrected chi connectivity index (χ2v) is 3.60. The summed E-state index contributed by atoms with van der Waals surface area (Å²) in [6, 6.07) is 5.79. The van der Waals surface area contributed by atoms with Gasteiger partial charge in [0, 0.05) is 6.42 Å². The highest BCUT2D eigenvalue weighted by Crippen LogP contribution is 2.27. The van der Waals surface area contributed by atoms with Crippen molar-refractivity contribution in [3.8, 4) is 5.75 Å². The van der Waals surface area contributed by atoms with Crippen LogP contribution in [0, 0.1) is 6.92 Å². The number of rotatable bonds is 2. The van der Waals surface area contributed by atoms with Crippen molar-refractivity contribution < 1.29 is 9.47 Å². The Morgan fingerprint density at radius 2 is 2.36 bits per heavy atom. The molecule has 3 nitrogen and oxygen atoms in total. The van der Waals surface area contributed by atoms with E-state index in [1.165, 1.54) is 0 Å². The van der Waals surface area contributed by atoms with E-state index in [1.807, 2.05) is 25.1 Å². The molecule has 1 fully saturated rings. The predicted molar refractivity (Wildman–Crippen MR) is 55.4 cm³/mol. The Morgan fingerprint density at radius 1 is 1.50 bits per heavy atom. The van der Waals surface area contributed by atoms with E-state index in [0.717, 1.165) is 24.3 Å². The minimum absolute atomic E-state index is 0.165. The Balaban J connectivity index is 2.14. The number of nitrogens with two attached hydrogens (primary N) is 1. The van der Waals surface area contributed by atoms with Crippen LogP contribution in [0.25, 0.3) is 0 Å². The minimum Gasteiger partial charge on any atom is -0.485 e. The molecule has 14 heavy (non-hydrogen) atoms. The number of hydrogen-bond donors (Lipinski definition) is 1. The fourth-order valence-electron chi connectivity index (χ4n) is 1.61. The van der Waals surface area contributed by atoms with Gasteiger partial charge in [-0.05, 0) is 18.6 Å². The van der Waals surface area contributed by atoms with Crippen molar-refractivity contribution in [2.75, 3.05) is 18.9 Å². The Labute approximate surface area is 83.8 Å². The first kappa shape index (κ1) is 9.34. The molecule has 1 aromatic rings. The largest absolute Gasteiger partial charge is 0.485 e. The van der Waals surface area contributed by atoms with Crippen molar-refractivity contribution in [2.24, 2.45) is 0 Å². The summed E-state index contributed by atoms with van der Waals surface area (Å²) in [5.74, 6) is 0.808. The number of para-hydroxylation sites is 1. The normalized spacial score (nSPS) is 21.1. The van der Waals surface area contributed by atoms with Gasteiger partial charge in [-0.3, -0.25) is 0 Å². The number of benzene rings is 1. The molecular weight excluding hydrogens is 178 g/mol. The summed E-state index contributed by atoms with van der Waals surface area (Å²) in [7, 11) is 0. The van der Waals surface area contributed by atoms with Crippen LogP contribution in [0.15, 0.2) is 18.2 Å². The van der Waals surface area contributed by atoms with Crippen LogP contribution in [0.2, 0.25) is 0 Å². The summed E-state index contributed by atoms with van der Waals surface area (Å²) in [4.78, 5) is 0. The van der Waals surface area contributed by atoms with E-state index in [4.69, 9.17) is 15.2 Å².